The molecule has 0 saturated heterocycles. The molecule has 0 heterocycles. The van der Waals surface area contributed by atoms with E-state index in [0.717, 1.165) is 6.42 Å². The monoisotopic (exact) mass is 93.0 g/mol. The molecule has 0 unspecified atom stereocenters. The summed E-state index contributed by atoms with van der Waals surface area (Å²) in [7, 11) is 0. The molecule has 0 bridgehead atoms. The van der Waals surface area contributed by atoms with E-state index in [4.69, 9.17) is 0 Å². The van der Waals surface area contributed by atoms with Crippen molar-refractivity contribution in [1.29, 1.82) is 0 Å². The fourth-order valence-electron chi connectivity index (χ4n) is 0.0833. The summed E-state index contributed by atoms with van der Waals surface area (Å²) in [5.41, 5.74) is 0. The van der Waals surface area contributed by atoms with Crippen LogP contribution in [0.2, 0.25) is 0 Å². The summed E-state index contributed by atoms with van der Waals surface area (Å²) < 4.78 is 0. The average Bonchev–Trinajstić information content (AvgIpc) is 1.41. The first kappa shape index (κ1) is 9.67. The Labute approximate surface area is 59.7 Å². The Kier molecular flexibility index (Phi) is 14.6. The van der Waals surface area contributed by atoms with Crippen molar-refractivity contribution < 1.29 is 4.79 Å². The number of allylic oxidation sites excluding steroid dienone is 1. The minimum Gasteiger partial charge on any atom is -0.234 e. The summed E-state index contributed by atoms with van der Waals surface area (Å²) in [6, 6.07) is 0. The summed E-state index contributed by atoms with van der Waals surface area (Å²) in [6.07, 6.45) is 2.24. The Hall–Kier alpha value is 0.450. The van der Waals surface area contributed by atoms with Crippen molar-refractivity contribution in [3.8, 4) is 0 Å². The molecule has 0 saturated carbocycles. The van der Waals surface area contributed by atoms with Gasteiger partial charge in [0, 0.05) is 29.6 Å². The van der Waals surface area contributed by atoms with Crippen LogP contribution in [0.1, 0.15) is 13.3 Å². The summed E-state index contributed by atoms with van der Waals surface area (Å²) in [6.45, 7) is 1.89. The van der Waals surface area contributed by atoms with Gasteiger partial charge in [-0.15, -0.1) is 0 Å². The van der Waals surface area contributed by atoms with Crippen LogP contribution in [0, 0.1) is 0 Å². The van der Waals surface area contributed by atoms with Gasteiger partial charge in [0.25, 0.3) is 0 Å². The zero-order valence-electron chi connectivity index (χ0n) is 4.19. The summed E-state index contributed by atoms with van der Waals surface area (Å²) in [4.78, 5) is 9.22. The molecule has 6 heavy (non-hydrogen) atoms. The normalized spacial score (nSPS) is 4.83. The van der Waals surface area contributed by atoms with E-state index >= 15 is 0 Å². The molecule has 0 N–H and O–H groups in total. The van der Waals surface area contributed by atoms with E-state index in [1.165, 1.54) is 6.08 Å². The molecular formula is C4H6NaO. The van der Waals surface area contributed by atoms with E-state index < -0.39 is 0 Å². The van der Waals surface area contributed by atoms with Crippen molar-refractivity contribution in [3.63, 3.8) is 0 Å². The first-order chi connectivity index (χ1) is 2.41. The summed E-state index contributed by atoms with van der Waals surface area (Å²) in [5, 5.41) is 0. The molecule has 0 fully saturated rings. The third-order valence-electron chi connectivity index (χ3n) is 0.287. The third-order valence-corrected chi connectivity index (χ3v) is 0.287. The Morgan fingerprint density at radius 3 is 2.33 bits per heavy atom. The van der Waals surface area contributed by atoms with Gasteiger partial charge in [0.15, 0.2) is 0 Å². The van der Waals surface area contributed by atoms with E-state index in [1.807, 2.05) is 6.92 Å². The molecule has 2 heteroatoms. The molecule has 1 radical (unpaired) electrons. The largest absolute Gasteiger partial charge is 0.234 e. The minimum atomic E-state index is 0. The maximum Gasteiger partial charge on any atom is 0.120 e. The van der Waals surface area contributed by atoms with Crippen molar-refractivity contribution >= 4 is 35.5 Å². The molecule has 0 atom stereocenters. The quantitative estimate of drug-likeness (QED) is 0.339. The van der Waals surface area contributed by atoms with Gasteiger partial charge in [-0.25, -0.2) is 4.79 Å². The van der Waals surface area contributed by atoms with Crippen LogP contribution in [0.25, 0.3) is 0 Å². The second kappa shape index (κ2) is 9.07. The van der Waals surface area contributed by atoms with Crippen LogP contribution < -0.4 is 0 Å². The number of carbonyl (C=O) groups excluding carboxylic acids is 1. The van der Waals surface area contributed by atoms with Gasteiger partial charge >= 0.3 is 0 Å². The van der Waals surface area contributed by atoms with E-state index in [-0.39, 0.29) is 29.6 Å². The zero-order chi connectivity index (χ0) is 4.12. The maximum atomic E-state index is 9.22. The van der Waals surface area contributed by atoms with Gasteiger partial charge in [0.1, 0.15) is 5.94 Å². The van der Waals surface area contributed by atoms with Crippen LogP contribution in [-0.4, -0.2) is 35.5 Å². The number of rotatable bonds is 1. The summed E-state index contributed by atoms with van der Waals surface area (Å²) >= 11 is 0. The van der Waals surface area contributed by atoms with E-state index in [2.05, 4.69) is 0 Å². The first-order valence-corrected chi connectivity index (χ1v) is 1.61. The Morgan fingerprint density at radius 2 is 2.33 bits per heavy atom. The Balaban J connectivity index is 0. The van der Waals surface area contributed by atoms with Crippen molar-refractivity contribution in [3.05, 3.63) is 6.08 Å². The van der Waals surface area contributed by atoms with Gasteiger partial charge < -0.3 is 0 Å². The molecule has 0 spiro atoms. The van der Waals surface area contributed by atoms with Crippen LogP contribution in [0.4, 0.5) is 0 Å². The van der Waals surface area contributed by atoms with Crippen molar-refractivity contribution in [2.75, 3.05) is 0 Å². The van der Waals surface area contributed by atoms with E-state index in [1.54, 1.807) is 5.94 Å². The fraction of sp³-hybridized carbons (Fsp3) is 0.500. The van der Waals surface area contributed by atoms with Crippen molar-refractivity contribution in [2.24, 2.45) is 0 Å². The van der Waals surface area contributed by atoms with Gasteiger partial charge in [-0.3, -0.25) is 0 Å². The van der Waals surface area contributed by atoms with Gasteiger partial charge in [0.2, 0.25) is 0 Å². The van der Waals surface area contributed by atoms with Gasteiger partial charge in [-0.05, 0) is 12.5 Å². The van der Waals surface area contributed by atoms with Crippen LogP contribution in [0.15, 0.2) is 6.08 Å². The van der Waals surface area contributed by atoms with Gasteiger partial charge in [-0.1, -0.05) is 6.92 Å². The molecular weight excluding hydrogens is 87.0 g/mol. The minimum absolute atomic E-state index is 0. The molecule has 0 aliphatic carbocycles. The van der Waals surface area contributed by atoms with Crippen molar-refractivity contribution in [2.45, 2.75) is 13.3 Å². The summed E-state index contributed by atoms with van der Waals surface area (Å²) in [5.74, 6) is 1.64. The smallest absolute Gasteiger partial charge is 0.120 e. The van der Waals surface area contributed by atoms with Crippen LogP contribution in [0.5, 0.6) is 0 Å². The van der Waals surface area contributed by atoms with Crippen LogP contribution >= 0.6 is 0 Å². The van der Waals surface area contributed by atoms with Gasteiger partial charge in [-0.2, -0.15) is 0 Å². The molecule has 0 aromatic carbocycles. The molecule has 0 rings (SSSR count). The molecule has 0 aromatic heterocycles. The number of hydrogen-bond acceptors (Lipinski definition) is 1. The zero-order valence-corrected chi connectivity index (χ0v) is 6.19. The topological polar surface area (TPSA) is 17.1 Å². The second-order valence-corrected chi connectivity index (χ2v) is 0.730. The molecule has 0 amide bonds. The van der Waals surface area contributed by atoms with Gasteiger partial charge in [0.05, 0.1) is 0 Å². The predicted molar refractivity (Wildman–Crippen MR) is 26.3 cm³/mol. The number of hydrogen-bond donors (Lipinski definition) is 0. The predicted octanol–water partition coefficient (Wildman–Crippen LogP) is 0.403. The molecule has 29 valence electrons. The Bertz CT molecular complexity index is 54.6. The van der Waals surface area contributed by atoms with Crippen LogP contribution in [-0.2, 0) is 4.79 Å². The van der Waals surface area contributed by atoms with E-state index in [9.17, 15) is 4.79 Å². The molecule has 0 aliphatic heterocycles. The molecule has 0 aliphatic rings. The fourth-order valence-corrected chi connectivity index (χ4v) is 0.0833. The SMILES string of the molecule is CCC=C=O.[Na]. The van der Waals surface area contributed by atoms with Crippen LogP contribution in [0.3, 0.4) is 0 Å². The maximum absolute atomic E-state index is 9.22. The molecule has 0 aromatic rings. The third kappa shape index (κ3) is 8.82. The second-order valence-electron chi connectivity index (χ2n) is 0.730. The van der Waals surface area contributed by atoms with E-state index in [0.29, 0.717) is 0 Å². The Morgan fingerprint density at radius 1 is 1.83 bits per heavy atom. The molecule has 1 nitrogen and oxygen atoms in total. The standard InChI is InChI=1S/C4H6O.Na/c1-2-3-4-5;/h3H,2H2,1H3;. The van der Waals surface area contributed by atoms with Crippen molar-refractivity contribution in [1.82, 2.24) is 0 Å². The average molecular weight is 93.1 g/mol. The first-order valence-electron chi connectivity index (χ1n) is 1.61.